The smallest absolute Gasteiger partial charge is 0.251 e. The van der Waals surface area contributed by atoms with Gasteiger partial charge in [-0.2, -0.15) is 0 Å². The number of unbranched alkanes of at least 4 members (excludes halogenated alkanes) is 1. The number of anilines is 1. The van der Waals surface area contributed by atoms with Crippen molar-refractivity contribution < 1.29 is 33.1 Å². The van der Waals surface area contributed by atoms with Crippen LogP contribution in [0, 0.1) is 5.82 Å². The van der Waals surface area contributed by atoms with Crippen molar-refractivity contribution >= 4 is 41.2 Å². The zero-order chi connectivity index (χ0) is 42.1. The second-order valence-electron chi connectivity index (χ2n) is 14.0. The molecule has 310 valence electrons. The Labute approximate surface area is 341 Å². The molecule has 0 unspecified atom stereocenters. The molecule has 0 radical (unpaired) electrons. The van der Waals surface area contributed by atoms with Crippen molar-refractivity contribution in [3.05, 3.63) is 132 Å². The van der Waals surface area contributed by atoms with Gasteiger partial charge in [-0.1, -0.05) is 66.7 Å². The van der Waals surface area contributed by atoms with Crippen LogP contribution < -0.4 is 48.1 Å². The predicted octanol–water partition coefficient (Wildman–Crippen LogP) is 2.56. The second kappa shape index (κ2) is 21.6. The molecule has 15 nitrogen and oxygen atoms in total. The summed E-state index contributed by atoms with van der Waals surface area (Å²) in [5.41, 5.74) is 18.7. The number of hydrogen-bond acceptors (Lipinski definition) is 8. The molecule has 16 heteroatoms. The highest BCUT2D eigenvalue weighted by molar-refractivity contribution is 6.06. The normalized spacial score (nSPS) is 14.8. The Hall–Kier alpha value is -6.81. The lowest BCUT2D eigenvalue weighted by atomic mass is 10.0. The fourth-order valence-corrected chi connectivity index (χ4v) is 6.34. The van der Waals surface area contributed by atoms with E-state index in [9.17, 15) is 28.4 Å². The van der Waals surface area contributed by atoms with Gasteiger partial charge in [-0.3, -0.25) is 29.0 Å². The maximum atomic E-state index is 14.2. The first kappa shape index (κ1) is 43.3. The number of guanidine groups is 1. The van der Waals surface area contributed by atoms with Crippen LogP contribution in [0.2, 0.25) is 0 Å². The van der Waals surface area contributed by atoms with E-state index in [4.69, 9.17) is 21.9 Å². The molecule has 5 rings (SSSR count). The Morgan fingerprint density at radius 2 is 1.44 bits per heavy atom. The summed E-state index contributed by atoms with van der Waals surface area (Å²) in [6.45, 7) is 0.925. The summed E-state index contributed by atoms with van der Waals surface area (Å²) in [5.74, 6) is -3.06. The van der Waals surface area contributed by atoms with Crippen LogP contribution in [-0.4, -0.2) is 73.3 Å². The summed E-state index contributed by atoms with van der Waals surface area (Å²) in [4.78, 5) is 73.7. The average molecular weight is 808 g/mol. The molecule has 0 spiro atoms. The summed E-state index contributed by atoms with van der Waals surface area (Å²) >= 11 is 0. The third-order valence-corrected chi connectivity index (χ3v) is 9.56. The highest BCUT2D eigenvalue weighted by Crippen LogP contribution is 2.25. The fourth-order valence-electron chi connectivity index (χ4n) is 6.34. The first-order valence-corrected chi connectivity index (χ1v) is 19.4. The molecule has 1 saturated heterocycles. The monoisotopic (exact) mass is 807 g/mol. The van der Waals surface area contributed by atoms with Gasteiger partial charge < -0.3 is 48.1 Å². The number of nitrogens with one attached hydrogen (secondary N) is 4. The van der Waals surface area contributed by atoms with Gasteiger partial charge in [0.1, 0.15) is 42.3 Å². The van der Waals surface area contributed by atoms with E-state index in [1.54, 1.807) is 60.7 Å². The van der Waals surface area contributed by atoms with Gasteiger partial charge in [-0.15, -0.1) is 0 Å². The van der Waals surface area contributed by atoms with Crippen LogP contribution in [-0.2, 0) is 25.8 Å². The van der Waals surface area contributed by atoms with Crippen molar-refractivity contribution in [1.29, 1.82) is 0 Å². The highest BCUT2D eigenvalue weighted by Gasteiger charge is 2.40. The summed E-state index contributed by atoms with van der Waals surface area (Å²) in [5, 5.41) is 11.0. The number of aliphatic imine (C=N–C) groups is 1. The number of benzene rings is 4. The van der Waals surface area contributed by atoms with Crippen LogP contribution >= 0.6 is 0 Å². The largest absolute Gasteiger partial charge is 0.489 e. The van der Waals surface area contributed by atoms with Crippen LogP contribution in [0.3, 0.4) is 0 Å². The molecule has 10 N–H and O–H groups in total. The van der Waals surface area contributed by atoms with Gasteiger partial charge >= 0.3 is 0 Å². The zero-order valence-corrected chi connectivity index (χ0v) is 32.5. The van der Waals surface area contributed by atoms with Crippen molar-refractivity contribution in [2.75, 3.05) is 24.5 Å². The van der Waals surface area contributed by atoms with E-state index in [0.29, 0.717) is 55.0 Å². The van der Waals surface area contributed by atoms with E-state index in [0.717, 1.165) is 5.56 Å². The molecule has 1 heterocycles. The molecule has 0 aromatic heterocycles. The Balaban J connectivity index is 1.35. The standard InChI is InChI=1S/C43H50FN9O6/c44-31-15-9-16-32(25-31)53-26-36(42(53)58)51-41(57)37(29-19-21-33(22-20-29)59-27-28-11-3-1-4-12-28)52-40(56)34(17-7-8-23-45)50-39(55)35(18-10-24-48-43(46)47)49-38(54)30-13-5-2-6-14-30/h1-6,9,11-16,19-22,25,34-37H,7-8,10,17-18,23-24,26-27,45H2,(H,49,54)(H,50,55)(H,51,57)(H,52,56)(H4,46,47,48)/t34-,35-,36+,37+/m0/s1. The molecule has 1 aliphatic heterocycles. The molecule has 0 saturated carbocycles. The molecule has 59 heavy (non-hydrogen) atoms. The number of rotatable bonds is 21. The lowest BCUT2D eigenvalue weighted by Crippen LogP contribution is -2.65. The SMILES string of the molecule is NCCCC[C@H](NC(=O)[C@H](CCCN=C(N)N)NC(=O)c1ccccc1)C(=O)N[C@@H](C(=O)N[C@@H]1CN(c2cccc(F)c2)C1=O)c1ccc(OCc2ccccc2)cc1. The Morgan fingerprint density at radius 3 is 2.10 bits per heavy atom. The van der Waals surface area contributed by atoms with Gasteiger partial charge in [-0.05, 0) is 92.2 Å². The van der Waals surface area contributed by atoms with Crippen molar-refractivity contribution in [3.8, 4) is 5.75 Å². The molecule has 0 bridgehead atoms. The number of amides is 5. The zero-order valence-electron chi connectivity index (χ0n) is 32.5. The Morgan fingerprint density at radius 1 is 0.780 bits per heavy atom. The van der Waals surface area contributed by atoms with Gasteiger partial charge in [0, 0.05) is 17.8 Å². The van der Waals surface area contributed by atoms with Crippen LogP contribution in [0.25, 0.3) is 0 Å². The van der Waals surface area contributed by atoms with Crippen LogP contribution in [0.1, 0.15) is 59.6 Å². The number of carbonyl (C=O) groups excluding carboxylic acids is 5. The highest BCUT2D eigenvalue weighted by atomic mass is 19.1. The molecule has 4 aromatic rings. The van der Waals surface area contributed by atoms with E-state index in [-0.39, 0.29) is 31.9 Å². The molecule has 1 fully saturated rings. The van der Waals surface area contributed by atoms with Crippen LogP contribution in [0.4, 0.5) is 10.1 Å². The van der Waals surface area contributed by atoms with Crippen LogP contribution in [0.15, 0.2) is 114 Å². The van der Waals surface area contributed by atoms with Gasteiger partial charge in [0.2, 0.25) is 17.7 Å². The van der Waals surface area contributed by atoms with E-state index < -0.39 is 59.5 Å². The number of halogens is 1. The molecular weight excluding hydrogens is 758 g/mol. The van der Waals surface area contributed by atoms with Gasteiger partial charge in [0.05, 0.1) is 6.54 Å². The Bertz CT molecular complexity index is 2070. The molecular formula is C43H50FN9O6. The van der Waals surface area contributed by atoms with E-state index >= 15 is 0 Å². The van der Waals surface area contributed by atoms with E-state index in [1.165, 1.54) is 23.1 Å². The topological polar surface area (TPSA) is 236 Å². The van der Waals surface area contributed by atoms with Gasteiger partial charge in [-0.25, -0.2) is 4.39 Å². The minimum atomic E-state index is -1.32. The first-order chi connectivity index (χ1) is 28.5. The molecule has 5 amide bonds. The molecule has 0 aliphatic carbocycles. The average Bonchev–Trinajstić information content (AvgIpc) is 3.24. The third-order valence-electron chi connectivity index (χ3n) is 9.56. The van der Waals surface area contributed by atoms with E-state index in [2.05, 4.69) is 26.3 Å². The van der Waals surface area contributed by atoms with Crippen molar-refractivity contribution in [3.63, 3.8) is 0 Å². The summed E-state index contributed by atoms with van der Waals surface area (Å²) in [7, 11) is 0. The minimum absolute atomic E-state index is 0.0814. The lowest BCUT2D eigenvalue weighted by Gasteiger charge is -2.39. The van der Waals surface area contributed by atoms with Crippen molar-refractivity contribution in [2.45, 2.75) is 62.9 Å². The van der Waals surface area contributed by atoms with Gasteiger partial charge in [0.25, 0.3) is 11.8 Å². The number of nitrogens with zero attached hydrogens (tertiary/aromatic N) is 2. The quantitative estimate of drug-likeness (QED) is 0.0283. The lowest BCUT2D eigenvalue weighted by molar-refractivity contribution is -0.135. The van der Waals surface area contributed by atoms with Crippen molar-refractivity contribution in [2.24, 2.45) is 22.2 Å². The second-order valence-corrected chi connectivity index (χ2v) is 14.0. The third kappa shape index (κ3) is 12.8. The molecule has 1 aliphatic rings. The van der Waals surface area contributed by atoms with Crippen molar-refractivity contribution in [1.82, 2.24) is 21.3 Å². The maximum absolute atomic E-state index is 14.2. The number of nitrogens with two attached hydrogens (primary N) is 3. The molecule has 4 aromatic carbocycles. The number of carbonyl (C=O) groups is 5. The number of β-lactam (4-membered cyclic amide) rings is 1. The molecule has 4 atom stereocenters. The number of hydrogen-bond donors (Lipinski definition) is 7. The van der Waals surface area contributed by atoms with Crippen LogP contribution in [0.5, 0.6) is 5.75 Å². The van der Waals surface area contributed by atoms with E-state index in [1.807, 2.05) is 30.3 Å². The maximum Gasteiger partial charge on any atom is 0.251 e. The Kier molecular flexibility index (Phi) is 15.9. The van der Waals surface area contributed by atoms with Gasteiger partial charge in [0.15, 0.2) is 5.96 Å². The predicted molar refractivity (Wildman–Crippen MR) is 221 cm³/mol. The summed E-state index contributed by atoms with van der Waals surface area (Å²) in [6, 6.07) is 25.6. The summed E-state index contributed by atoms with van der Waals surface area (Å²) in [6.07, 6.45) is 1.64. The summed E-state index contributed by atoms with van der Waals surface area (Å²) < 4.78 is 19.8. The minimum Gasteiger partial charge on any atom is -0.489 e. The fraction of sp³-hybridized carbons (Fsp3) is 0.302. The number of ether oxygens (including phenoxy) is 1. The first-order valence-electron chi connectivity index (χ1n) is 19.4.